The van der Waals surface area contributed by atoms with E-state index in [1.807, 2.05) is 0 Å². The number of hydrogen-bond acceptors (Lipinski definition) is 15. The Morgan fingerprint density at radius 1 is 0.784 bits per heavy atom. The number of methoxy groups -OCH3 is 1. The van der Waals surface area contributed by atoms with Gasteiger partial charge in [-0.1, -0.05) is 0 Å². The van der Waals surface area contributed by atoms with Crippen molar-refractivity contribution in [2.45, 2.75) is 106 Å². The van der Waals surface area contributed by atoms with Crippen LogP contribution in [-0.2, 0) is 33.2 Å². The van der Waals surface area contributed by atoms with Crippen LogP contribution in [0.4, 0.5) is 0 Å². The zero-order valence-corrected chi connectivity index (χ0v) is 20.5. The number of amides is 1. The number of rotatable bonds is 8. The van der Waals surface area contributed by atoms with Crippen molar-refractivity contribution < 1.29 is 74.1 Å². The molecule has 0 spiro atoms. The minimum Gasteiger partial charge on any atom is -0.394 e. The Kier molecular flexibility index (Phi) is 10.6. The molecule has 1 amide bonds. The lowest BCUT2D eigenvalue weighted by molar-refractivity contribution is -0.382. The van der Waals surface area contributed by atoms with E-state index in [-0.39, 0.29) is 6.61 Å². The van der Waals surface area contributed by atoms with E-state index in [0.717, 1.165) is 6.92 Å². The molecule has 3 aliphatic rings. The molecule has 3 heterocycles. The highest BCUT2D eigenvalue weighted by atomic mass is 16.8. The van der Waals surface area contributed by atoms with Gasteiger partial charge in [-0.2, -0.15) is 0 Å². The van der Waals surface area contributed by atoms with E-state index >= 15 is 0 Å². The Hall–Kier alpha value is -1.09. The average Bonchev–Trinajstić information content (AvgIpc) is 2.85. The summed E-state index contributed by atoms with van der Waals surface area (Å²) in [6.07, 6.45) is -21.3. The summed E-state index contributed by atoms with van der Waals surface area (Å²) in [5.41, 5.74) is 0. The SMILES string of the molecule is COC[C@H]1O[C@@H](O[C@H]2[C@H](O)[C@@H](NC(C)=O)C(O)O[C@@H]2CO)[C@H](O[C@@H]2O[C@@H](C)[C@@H](O)[C@@H](O)[C@@H]2O)[C@@H](O)[C@H]1O. The van der Waals surface area contributed by atoms with Crippen molar-refractivity contribution in [3.8, 4) is 0 Å². The van der Waals surface area contributed by atoms with E-state index in [9.17, 15) is 45.6 Å². The number of ether oxygens (including phenoxy) is 6. The van der Waals surface area contributed by atoms with Gasteiger partial charge >= 0.3 is 0 Å². The van der Waals surface area contributed by atoms with E-state index in [1.54, 1.807) is 0 Å². The first-order valence-electron chi connectivity index (χ1n) is 11.8. The van der Waals surface area contributed by atoms with Crippen LogP contribution in [-0.4, -0.2) is 159 Å². The fourth-order valence-corrected chi connectivity index (χ4v) is 4.54. The minimum absolute atomic E-state index is 0.199. The lowest BCUT2D eigenvalue weighted by atomic mass is 9.95. The van der Waals surface area contributed by atoms with E-state index in [2.05, 4.69) is 5.32 Å². The molecular formula is C21H37NO15. The molecule has 3 fully saturated rings. The number of aliphatic hydroxyl groups is 8. The van der Waals surface area contributed by atoms with Gasteiger partial charge in [-0.15, -0.1) is 0 Å². The van der Waals surface area contributed by atoms with Crippen LogP contribution in [0.15, 0.2) is 0 Å². The maximum absolute atomic E-state index is 11.6. The number of hydrogen-bond donors (Lipinski definition) is 9. The summed E-state index contributed by atoms with van der Waals surface area (Å²) >= 11 is 0. The smallest absolute Gasteiger partial charge is 0.217 e. The normalized spacial score (nSPS) is 49.0. The third-order valence-corrected chi connectivity index (χ3v) is 6.61. The van der Waals surface area contributed by atoms with Gasteiger partial charge < -0.3 is 74.6 Å². The van der Waals surface area contributed by atoms with Crippen molar-refractivity contribution in [1.82, 2.24) is 5.32 Å². The second-order valence-electron chi connectivity index (χ2n) is 9.33. The van der Waals surface area contributed by atoms with Crippen LogP contribution < -0.4 is 5.32 Å². The lowest BCUT2D eigenvalue weighted by Gasteiger charge is -2.48. The standard InChI is InChI=1S/C21H37NO15/c1-6-11(25)14(28)16(30)20(33-6)37-18-15(29)12(26)9(5-32-3)35-21(18)36-17-8(4-23)34-19(31)10(13(17)27)22-7(2)24/h6,8-21,23,25-31H,4-5H2,1-3H3,(H,22,24)/t6-,8+,9+,10+,11+,12-,13+,14+,15-,16-,17+,18+,19?,20-,21-/m0/s1. The van der Waals surface area contributed by atoms with Gasteiger partial charge in [-0.05, 0) is 6.92 Å². The van der Waals surface area contributed by atoms with Crippen molar-refractivity contribution in [1.29, 1.82) is 0 Å². The quantitative estimate of drug-likeness (QED) is 0.138. The monoisotopic (exact) mass is 543 g/mol. The Morgan fingerprint density at radius 2 is 1.43 bits per heavy atom. The number of carbonyl (C=O) groups is 1. The first kappa shape index (κ1) is 30.5. The predicted molar refractivity (Wildman–Crippen MR) is 116 cm³/mol. The summed E-state index contributed by atoms with van der Waals surface area (Å²) in [6, 6.07) is -1.36. The Morgan fingerprint density at radius 3 is 2.03 bits per heavy atom. The summed E-state index contributed by atoms with van der Waals surface area (Å²) < 4.78 is 32.9. The fraction of sp³-hybridized carbons (Fsp3) is 0.952. The molecule has 0 radical (unpaired) electrons. The summed E-state index contributed by atoms with van der Waals surface area (Å²) in [6.45, 7) is 1.63. The molecule has 9 N–H and O–H groups in total. The maximum atomic E-state index is 11.6. The van der Waals surface area contributed by atoms with Crippen LogP contribution in [0.25, 0.3) is 0 Å². The zero-order valence-electron chi connectivity index (χ0n) is 20.5. The molecule has 0 aromatic carbocycles. The maximum Gasteiger partial charge on any atom is 0.217 e. The highest BCUT2D eigenvalue weighted by molar-refractivity contribution is 5.73. The van der Waals surface area contributed by atoms with Gasteiger partial charge in [0.1, 0.15) is 67.1 Å². The van der Waals surface area contributed by atoms with Gasteiger partial charge in [0.2, 0.25) is 5.91 Å². The number of aliphatic hydroxyl groups excluding tert-OH is 8. The Labute approximate surface area is 212 Å². The molecule has 216 valence electrons. The predicted octanol–water partition coefficient (Wildman–Crippen LogP) is -5.75. The first-order valence-corrected chi connectivity index (χ1v) is 11.8. The molecule has 3 aliphatic heterocycles. The summed E-state index contributed by atoms with van der Waals surface area (Å²) in [4.78, 5) is 11.6. The topological polar surface area (TPSA) is 246 Å². The van der Waals surface area contributed by atoms with Gasteiger partial charge in [0.15, 0.2) is 18.9 Å². The van der Waals surface area contributed by atoms with Crippen molar-refractivity contribution in [3.63, 3.8) is 0 Å². The minimum atomic E-state index is -1.76. The molecule has 16 heteroatoms. The molecule has 37 heavy (non-hydrogen) atoms. The van der Waals surface area contributed by atoms with E-state index < -0.39 is 105 Å². The molecule has 1 unspecified atom stereocenters. The third kappa shape index (κ3) is 6.56. The van der Waals surface area contributed by atoms with E-state index in [1.165, 1.54) is 14.0 Å². The van der Waals surface area contributed by atoms with Crippen molar-refractivity contribution in [3.05, 3.63) is 0 Å². The molecule has 0 bridgehead atoms. The van der Waals surface area contributed by atoms with Gasteiger partial charge in [-0.25, -0.2) is 0 Å². The molecule has 0 aliphatic carbocycles. The molecule has 0 aromatic rings. The summed E-state index contributed by atoms with van der Waals surface area (Å²) in [5.74, 6) is -0.597. The van der Waals surface area contributed by atoms with Crippen LogP contribution in [0.5, 0.6) is 0 Å². The molecular weight excluding hydrogens is 506 g/mol. The fourth-order valence-electron chi connectivity index (χ4n) is 4.54. The Bertz CT molecular complexity index is 747. The highest BCUT2D eigenvalue weighted by Gasteiger charge is 2.53. The van der Waals surface area contributed by atoms with E-state index in [4.69, 9.17) is 28.4 Å². The Balaban J connectivity index is 1.87. The van der Waals surface area contributed by atoms with Crippen LogP contribution in [0.2, 0.25) is 0 Å². The average molecular weight is 544 g/mol. The second-order valence-corrected chi connectivity index (χ2v) is 9.33. The van der Waals surface area contributed by atoms with Crippen molar-refractivity contribution in [2.24, 2.45) is 0 Å². The number of carbonyl (C=O) groups excluding carboxylic acids is 1. The summed E-state index contributed by atoms with van der Waals surface area (Å²) in [7, 11) is 1.32. The molecule has 15 atom stereocenters. The largest absolute Gasteiger partial charge is 0.394 e. The van der Waals surface area contributed by atoms with E-state index in [0.29, 0.717) is 0 Å². The van der Waals surface area contributed by atoms with Gasteiger partial charge in [-0.3, -0.25) is 4.79 Å². The first-order chi connectivity index (χ1) is 17.4. The van der Waals surface area contributed by atoms with Gasteiger partial charge in [0.05, 0.1) is 19.3 Å². The lowest BCUT2D eigenvalue weighted by Crippen LogP contribution is -2.68. The highest BCUT2D eigenvalue weighted by Crippen LogP contribution is 2.32. The van der Waals surface area contributed by atoms with Crippen LogP contribution in [0.3, 0.4) is 0 Å². The second kappa shape index (κ2) is 12.8. The van der Waals surface area contributed by atoms with Gasteiger partial charge in [0, 0.05) is 14.0 Å². The zero-order chi connectivity index (χ0) is 27.6. The van der Waals surface area contributed by atoms with Crippen LogP contribution in [0.1, 0.15) is 13.8 Å². The van der Waals surface area contributed by atoms with Crippen molar-refractivity contribution >= 4 is 5.91 Å². The summed E-state index contributed by atoms with van der Waals surface area (Å²) in [5, 5.41) is 84.9. The van der Waals surface area contributed by atoms with Crippen molar-refractivity contribution in [2.75, 3.05) is 20.3 Å². The number of nitrogens with one attached hydrogen (secondary N) is 1. The van der Waals surface area contributed by atoms with Gasteiger partial charge in [0.25, 0.3) is 0 Å². The molecule has 3 rings (SSSR count). The van der Waals surface area contributed by atoms with Crippen LogP contribution >= 0.6 is 0 Å². The molecule has 16 nitrogen and oxygen atoms in total. The third-order valence-electron chi connectivity index (χ3n) is 6.61. The van der Waals surface area contributed by atoms with Crippen LogP contribution in [0, 0.1) is 0 Å². The molecule has 0 saturated carbocycles. The molecule has 3 saturated heterocycles. The molecule has 0 aromatic heterocycles.